The van der Waals surface area contributed by atoms with Gasteiger partial charge in [0.2, 0.25) is 0 Å². The maximum Gasteiger partial charge on any atom is 0.359 e. The van der Waals surface area contributed by atoms with E-state index in [2.05, 4.69) is 10.4 Å². The fourth-order valence-corrected chi connectivity index (χ4v) is 2.51. The number of nitrogens with zero attached hydrogens (tertiary/aromatic N) is 2. The van der Waals surface area contributed by atoms with E-state index >= 15 is 0 Å². The summed E-state index contributed by atoms with van der Waals surface area (Å²) in [5, 5.41) is 6.06. The Balaban J connectivity index is 1.51. The standard InChI is InChI=1S/C22H19N3O6/c26-19(23-21(28)16-7-3-1-4-8-16)15-31-22(29)18-11-12-20(27)25(24-18)13-14-30-17-9-5-2-6-10-17/h1-12H,13-15H2,(H,23,26,28). The van der Waals surface area contributed by atoms with Gasteiger partial charge in [-0.3, -0.25) is 19.7 Å². The van der Waals surface area contributed by atoms with E-state index in [1.54, 1.807) is 42.5 Å². The molecule has 0 aliphatic heterocycles. The molecule has 2 amide bonds. The zero-order valence-electron chi connectivity index (χ0n) is 16.4. The number of benzene rings is 2. The van der Waals surface area contributed by atoms with Crippen LogP contribution in [0.4, 0.5) is 0 Å². The van der Waals surface area contributed by atoms with Crippen molar-refractivity contribution in [1.29, 1.82) is 0 Å². The highest BCUT2D eigenvalue weighted by molar-refractivity contribution is 6.05. The lowest BCUT2D eigenvalue weighted by Crippen LogP contribution is -2.34. The van der Waals surface area contributed by atoms with Gasteiger partial charge < -0.3 is 9.47 Å². The molecular weight excluding hydrogens is 402 g/mol. The Morgan fingerprint density at radius 3 is 2.29 bits per heavy atom. The van der Waals surface area contributed by atoms with E-state index < -0.39 is 29.9 Å². The highest BCUT2D eigenvalue weighted by Crippen LogP contribution is 2.07. The maximum absolute atomic E-state index is 12.2. The molecule has 0 radical (unpaired) electrons. The van der Waals surface area contributed by atoms with E-state index in [-0.39, 0.29) is 18.8 Å². The third kappa shape index (κ3) is 6.36. The van der Waals surface area contributed by atoms with Gasteiger partial charge in [0.05, 0.1) is 6.54 Å². The molecule has 0 saturated carbocycles. The Morgan fingerprint density at radius 1 is 0.903 bits per heavy atom. The molecule has 2 aromatic carbocycles. The molecule has 0 bridgehead atoms. The largest absolute Gasteiger partial charge is 0.492 e. The number of ether oxygens (including phenoxy) is 2. The van der Waals surface area contributed by atoms with E-state index in [1.807, 2.05) is 18.2 Å². The van der Waals surface area contributed by atoms with Gasteiger partial charge in [-0.05, 0) is 30.3 Å². The van der Waals surface area contributed by atoms with Crippen molar-refractivity contribution in [3.63, 3.8) is 0 Å². The van der Waals surface area contributed by atoms with Crippen molar-refractivity contribution in [2.75, 3.05) is 13.2 Å². The molecule has 1 heterocycles. The van der Waals surface area contributed by atoms with Gasteiger partial charge in [-0.15, -0.1) is 0 Å². The van der Waals surface area contributed by atoms with Crippen LogP contribution in [0.25, 0.3) is 0 Å². The Hall–Kier alpha value is -4.27. The summed E-state index contributed by atoms with van der Waals surface area (Å²) < 4.78 is 11.5. The Morgan fingerprint density at radius 2 is 1.58 bits per heavy atom. The highest BCUT2D eigenvalue weighted by atomic mass is 16.5. The maximum atomic E-state index is 12.2. The quantitative estimate of drug-likeness (QED) is 0.547. The molecule has 0 spiro atoms. The minimum absolute atomic E-state index is 0.112. The second-order valence-corrected chi connectivity index (χ2v) is 6.26. The number of imide groups is 1. The molecule has 0 saturated heterocycles. The molecule has 0 fully saturated rings. The highest BCUT2D eigenvalue weighted by Gasteiger charge is 2.15. The van der Waals surface area contributed by atoms with Crippen molar-refractivity contribution in [2.24, 2.45) is 0 Å². The van der Waals surface area contributed by atoms with Crippen LogP contribution >= 0.6 is 0 Å². The number of nitrogens with one attached hydrogen (secondary N) is 1. The number of rotatable bonds is 8. The van der Waals surface area contributed by atoms with Gasteiger partial charge in [0.25, 0.3) is 17.4 Å². The van der Waals surface area contributed by atoms with E-state index in [0.717, 1.165) is 4.68 Å². The van der Waals surface area contributed by atoms with E-state index in [9.17, 15) is 19.2 Å². The van der Waals surface area contributed by atoms with Crippen LogP contribution < -0.4 is 15.6 Å². The monoisotopic (exact) mass is 421 g/mol. The van der Waals surface area contributed by atoms with E-state index in [1.165, 1.54) is 12.1 Å². The summed E-state index contributed by atoms with van der Waals surface area (Å²) in [7, 11) is 0. The summed E-state index contributed by atoms with van der Waals surface area (Å²) in [5.41, 5.74) is -0.269. The number of hydrogen-bond donors (Lipinski definition) is 1. The molecule has 9 heteroatoms. The first-order valence-corrected chi connectivity index (χ1v) is 9.35. The summed E-state index contributed by atoms with van der Waals surface area (Å²) in [6, 6.07) is 19.6. The molecule has 9 nitrogen and oxygen atoms in total. The Bertz CT molecular complexity index is 1110. The summed E-state index contributed by atoms with van der Waals surface area (Å²) in [6.07, 6.45) is 0. The summed E-state index contributed by atoms with van der Waals surface area (Å²) in [6.45, 7) is -0.393. The van der Waals surface area contributed by atoms with Gasteiger partial charge in [-0.1, -0.05) is 36.4 Å². The Kier molecular flexibility index (Phi) is 7.26. The molecule has 0 aliphatic rings. The molecule has 158 valence electrons. The molecule has 3 aromatic rings. The SMILES string of the molecule is O=C(COC(=O)c1ccc(=O)n(CCOc2ccccc2)n1)NC(=O)c1ccccc1. The van der Waals surface area contributed by atoms with Gasteiger partial charge in [0.15, 0.2) is 12.3 Å². The lowest BCUT2D eigenvalue weighted by Gasteiger charge is -2.09. The van der Waals surface area contributed by atoms with E-state index in [4.69, 9.17) is 9.47 Å². The number of hydrogen-bond acceptors (Lipinski definition) is 7. The van der Waals surface area contributed by atoms with Crippen molar-refractivity contribution >= 4 is 17.8 Å². The lowest BCUT2D eigenvalue weighted by atomic mass is 10.2. The van der Waals surface area contributed by atoms with Crippen LogP contribution in [0, 0.1) is 0 Å². The molecule has 0 atom stereocenters. The number of amides is 2. The first-order chi connectivity index (χ1) is 15.0. The van der Waals surface area contributed by atoms with Crippen LogP contribution in [0.3, 0.4) is 0 Å². The van der Waals surface area contributed by atoms with Crippen molar-refractivity contribution in [3.8, 4) is 5.75 Å². The molecule has 3 rings (SSSR count). The van der Waals surface area contributed by atoms with Crippen LogP contribution in [-0.4, -0.2) is 40.8 Å². The summed E-state index contributed by atoms with van der Waals surface area (Å²) in [5.74, 6) is -1.65. The lowest BCUT2D eigenvalue weighted by molar-refractivity contribution is -0.123. The predicted octanol–water partition coefficient (Wildman–Crippen LogP) is 1.44. The fraction of sp³-hybridized carbons (Fsp3) is 0.136. The number of carbonyl (C=O) groups is 3. The minimum Gasteiger partial charge on any atom is -0.492 e. The average Bonchev–Trinajstić information content (AvgIpc) is 2.80. The average molecular weight is 421 g/mol. The van der Waals surface area contributed by atoms with Crippen LogP contribution in [0.5, 0.6) is 5.75 Å². The Labute approximate surface area is 177 Å². The van der Waals surface area contributed by atoms with Gasteiger partial charge in [-0.2, -0.15) is 5.10 Å². The fourth-order valence-electron chi connectivity index (χ4n) is 2.51. The van der Waals surface area contributed by atoms with Crippen LogP contribution in [0.15, 0.2) is 77.6 Å². The predicted molar refractivity (Wildman–Crippen MR) is 110 cm³/mol. The topological polar surface area (TPSA) is 117 Å². The molecule has 1 aromatic heterocycles. The zero-order chi connectivity index (χ0) is 22.1. The molecular formula is C22H19N3O6. The first-order valence-electron chi connectivity index (χ1n) is 9.35. The van der Waals surface area contributed by atoms with Gasteiger partial charge in [0, 0.05) is 11.6 Å². The second kappa shape index (κ2) is 10.5. The molecule has 31 heavy (non-hydrogen) atoms. The minimum atomic E-state index is -0.903. The second-order valence-electron chi connectivity index (χ2n) is 6.26. The zero-order valence-corrected chi connectivity index (χ0v) is 16.4. The van der Waals surface area contributed by atoms with E-state index in [0.29, 0.717) is 11.3 Å². The third-order valence-corrected chi connectivity index (χ3v) is 4.01. The smallest absolute Gasteiger partial charge is 0.359 e. The first kappa shape index (κ1) is 21.4. The summed E-state index contributed by atoms with van der Waals surface area (Å²) in [4.78, 5) is 47.9. The summed E-state index contributed by atoms with van der Waals surface area (Å²) >= 11 is 0. The number of para-hydroxylation sites is 1. The van der Waals surface area contributed by atoms with Gasteiger partial charge >= 0.3 is 5.97 Å². The number of carbonyl (C=O) groups excluding carboxylic acids is 3. The van der Waals surface area contributed by atoms with Gasteiger partial charge in [-0.25, -0.2) is 9.48 Å². The third-order valence-electron chi connectivity index (χ3n) is 4.01. The van der Waals surface area contributed by atoms with Crippen LogP contribution in [-0.2, 0) is 16.1 Å². The van der Waals surface area contributed by atoms with Crippen LogP contribution in [0.2, 0.25) is 0 Å². The van der Waals surface area contributed by atoms with Crippen molar-refractivity contribution in [1.82, 2.24) is 15.1 Å². The normalized spacial score (nSPS) is 10.2. The van der Waals surface area contributed by atoms with Gasteiger partial charge in [0.1, 0.15) is 12.4 Å². The molecule has 0 unspecified atom stereocenters. The number of esters is 1. The van der Waals surface area contributed by atoms with Crippen molar-refractivity contribution in [3.05, 3.63) is 94.4 Å². The molecule has 0 aliphatic carbocycles. The van der Waals surface area contributed by atoms with Crippen LogP contribution in [0.1, 0.15) is 20.8 Å². The van der Waals surface area contributed by atoms with Crippen molar-refractivity contribution in [2.45, 2.75) is 6.54 Å². The number of aromatic nitrogens is 2. The van der Waals surface area contributed by atoms with Crippen molar-refractivity contribution < 1.29 is 23.9 Å². The molecule has 1 N–H and O–H groups in total.